The predicted octanol–water partition coefficient (Wildman–Crippen LogP) is 1.22. The van der Waals surface area contributed by atoms with Gasteiger partial charge in [-0.25, -0.2) is 0 Å². The lowest BCUT2D eigenvalue weighted by molar-refractivity contribution is -0.150. The molecule has 0 aromatic rings. The van der Waals surface area contributed by atoms with Crippen molar-refractivity contribution < 1.29 is 9.53 Å². The van der Waals surface area contributed by atoms with Crippen molar-refractivity contribution in [2.45, 2.75) is 57.2 Å². The molecule has 1 N–H and O–H groups in total. The average molecular weight is 183 g/mol. The number of hydrogen-bond acceptors (Lipinski definition) is 3. The molecule has 0 radical (unpaired) electrons. The molecule has 2 aliphatic heterocycles. The lowest BCUT2D eigenvalue weighted by Gasteiger charge is -2.28. The Labute approximate surface area is 78.8 Å². The number of rotatable bonds is 2. The molecule has 2 saturated heterocycles. The van der Waals surface area contributed by atoms with Crippen molar-refractivity contribution in [3.8, 4) is 0 Å². The van der Waals surface area contributed by atoms with E-state index < -0.39 is 0 Å². The second kappa shape index (κ2) is 3.66. The van der Waals surface area contributed by atoms with Gasteiger partial charge in [0.2, 0.25) is 0 Å². The minimum absolute atomic E-state index is 0.0497. The molecule has 3 nitrogen and oxygen atoms in total. The van der Waals surface area contributed by atoms with Crippen molar-refractivity contribution in [2.24, 2.45) is 0 Å². The van der Waals surface area contributed by atoms with Gasteiger partial charge in [-0.3, -0.25) is 4.79 Å². The Morgan fingerprint density at radius 1 is 1.38 bits per heavy atom. The zero-order valence-corrected chi connectivity index (χ0v) is 8.08. The molecule has 0 unspecified atom stereocenters. The van der Waals surface area contributed by atoms with E-state index in [9.17, 15) is 4.79 Å². The van der Waals surface area contributed by atoms with Gasteiger partial charge in [0, 0.05) is 18.5 Å². The van der Waals surface area contributed by atoms with Gasteiger partial charge in [-0.1, -0.05) is 6.92 Å². The zero-order chi connectivity index (χ0) is 9.26. The van der Waals surface area contributed by atoms with Crippen LogP contribution >= 0.6 is 0 Å². The molecule has 2 fully saturated rings. The third kappa shape index (κ3) is 2.02. The van der Waals surface area contributed by atoms with E-state index in [-0.39, 0.29) is 12.1 Å². The number of carbonyl (C=O) groups excluding carboxylic acids is 1. The smallest absolute Gasteiger partial charge is 0.305 e. The second-order valence-corrected chi connectivity index (χ2v) is 4.07. The summed E-state index contributed by atoms with van der Waals surface area (Å²) in [6, 6.07) is 1.21. The molecular weight excluding hydrogens is 166 g/mol. The monoisotopic (exact) mass is 183 g/mol. The van der Waals surface area contributed by atoms with E-state index in [1.165, 1.54) is 12.8 Å². The van der Waals surface area contributed by atoms with Crippen LogP contribution in [0.2, 0.25) is 0 Å². The first-order valence-corrected chi connectivity index (χ1v) is 5.23. The van der Waals surface area contributed by atoms with E-state index >= 15 is 0 Å². The third-order valence-corrected chi connectivity index (χ3v) is 3.02. The Morgan fingerprint density at radius 2 is 2.00 bits per heavy atom. The summed E-state index contributed by atoms with van der Waals surface area (Å²) in [5.41, 5.74) is 0. The summed E-state index contributed by atoms with van der Waals surface area (Å²) in [4.78, 5) is 11.1. The highest BCUT2D eigenvalue weighted by Crippen LogP contribution is 2.28. The first-order chi connectivity index (χ1) is 6.28. The van der Waals surface area contributed by atoms with Crippen LogP contribution in [0.1, 0.15) is 39.0 Å². The van der Waals surface area contributed by atoms with Crippen LogP contribution < -0.4 is 5.32 Å². The van der Waals surface area contributed by atoms with E-state index in [2.05, 4.69) is 5.32 Å². The van der Waals surface area contributed by atoms with Crippen LogP contribution in [0.15, 0.2) is 0 Å². The van der Waals surface area contributed by atoms with Crippen molar-refractivity contribution in [1.29, 1.82) is 0 Å². The molecule has 13 heavy (non-hydrogen) atoms. The topological polar surface area (TPSA) is 38.3 Å². The first kappa shape index (κ1) is 9.00. The fraction of sp³-hybridized carbons (Fsp3) is 0.900. The molecule has 2 heterocycles. The predicted molar refractivity (Wildman–Crippen MR) is 49.4 cm³/mol. The highest BCUT2D eigenvalue weighted by atomic mass is 16.5. The van der Waals surface area contributed by atoms with Gasteiger partial charge in [0.05, 0.1) is 0 Å². The van der Waals surface area contributed by atoms with Crippen LogP contribution in [-0.4, -0.2) is 24.2 Å². The van der Waals surface area contributed by atoms with Crippen LogP contribution in [0.4, 0.5) is 0 Å². The number of hydrogen-bond donors (Lipinski definition) is 1. The molecule has 0 amide bonds. The average Bonchev–Trinajstić information content (AvgIpc) is 2.46. The first-order valence-electron chi connectivity index (χ1n) is 5.23. The van der Waals surface area contributed by atoms with Gasteiger partial charge in [-0.2, -0.15) is 0 Å². The third-order valence-electron chi connectivity index (χ3n) is 3.02. The molecule has 2 aliphatic rings. The second-order valence-electron chi connectivity index (χ2n) is 4.07. The van der Waals surface area contributed by atoms with Crippen molar-refractivity contribution in [3.05, 3.63) is 0 Å². The molecule has 2 rings (SSSR count). The van der Waals surface area contributed by atoms with Crippen molar-refractivity contribution in [1.82, 2.24) is 5.32 Å². The van der Waals surface area contributed by atoms with Gasteiger partial charge in [0.1, 0.15) is 6.10 Å². The van der Waals surface area contributed by atoms with Crippen molar-refractivity contribution >= 4 is 5.97 Å². The fourth-order valence-corrected chi connectivity index (χ4v) is 2.37. The maximum absolute atomic E-state index is 11.1. The van der Waals surface area contributed by atoms with Crippen LogP contribution in [0.5, 0.6) is 0 Å². The standard InChI is InChI=1S/C10H17NO2/c1-2-10(12)13-9-5-7-3-4-8(6-9)11-7/h7-9,11H,2-6H2,1H3/t7-,8+,9+. The SMILES string of the molecule is CCC(=O)O[C@H]1C[C@H]2CC[C@@H](C1)N2. The Kier molecular flexibility index (Phi) is 2.54. The molecule has 0 aromatic carbocycles. The summed E-state index contributed by atoms with van der Waals surface area (Å²) in [5.74, 6) is -0.0497. The highest BCUT2D eigenvalue weighted by molar-refractivity contribution is 5.69. The maximum Gasteiger partial charge on any atom is 0.305 e. The Balaban J connectivity index is 1.85. The Morgan fingerprint density at radius 3 is 2.54 bits per heavy atom. The highest BCUT2D eigenvalue weighted by Gasteiger charge is 2.34. The van der Waals surface area contributed by atoms with Crippen LogP contribution in [0.3, 0.4) is 0 Å². The van der Waals surface area contributed by atoms with Gasteiger partial charge in [0.25, 0.3) is 0 Å². The van der Waals surface area contributed by atoms with Crippen LogP contribution in [0, 0.1) is 0 Å². The van der Waals surface area contributed by atoms with Crippen LogP contribution in [-0.2, 0) is 9.53 Å². The molecule has 3 atom stereocenters. The largest absolute Gasteiger partial charge is 0.462 e. The summed E-state index contributed by atoms with van der Waals surface area (Å²) in [7, 11) is 0. The molecule has 2 bridgehead atoms. The molecule has 74 valence electrons. The fourth-order valence-electron chi connectivity index (χ4n) is 2.37. The number of esters is 1. The van der Waals surface area contributed by atoms with Gasteiger partial charge in [0.15, 0.2) is 0 Å². The normalized spacial score (nSPS) is 37.5. The van der Waals surface area contributed by atoms with Gasteiger partial charge < -0.3 is 10.1 Å². The van der Waals surface area contributed by atoms with Crippen molar-refractivity contribution in [3.63, 3.8) is 0 Å². The molecular formula is C10H17NO2. The van der Waals surface area contributed by atoms with Gasteiger partial charge >= 0.3 is 5.97 Å². The van der Waals surface area contributed by atoms with Crippen LogP contribution in [0.25, 0.3) is 0 Å². The summed E-state index contributed by atoms with van der Waals surface area (Å²) >= 11 is 0. The lowest BCUT2D eigenvalue weighted by atomic mass is 10.0. The summed E-state index contributed by atoms with van der Waals surface area (Å²) < 4.78 is 5.34. The molecule has 0 saturated carbocycles. The molecule has 0 aliphatic carbocycles. The summed E-state index contributed by atoms with van der Waals surface area (Å²) in [5, 5.41) is 3.52. The van der Waals surface area contributed by atoms with Gasteiger partial charge in [-0.05, 0) is 25.7 Å². The zero-order valence-electron chi connectivity index (χ0n) is 8.08. The van der Waals surface area contributed by atoms with E-state index in [0.717, 1.165) is 12.8 Å². The molecule has 3 heteroatoms. The van der Waals surface area contributed by atoms with Gasteiger partial charge in [-0.15, -0.1) is 0 Å². The Bertz CT molecular complexity index is 193. The quantitative estimate of drug-likeness (QED) is 0.654. The number of carbonyl (C=O) groups is 1. The summed E-state index contributed by atoms with van der Waals surface area (Å²) in [6.07, 6.45) is 5.23. The van der Waals surface area contributed by atoms with E-state index in [4.69, 9.17) is 4.74 Å². The number of piperidine rings is 1. The van der Waals surface area contributed by atoms with E-state index in [0.29, 0.717) is 18.5 Å². The summed E-state index contributed by atoms with van der Waals surface area (Å²) in [6.45, 7) is 1.85. The maximum atomic E-state index is 11.1. The number of fused-ring (bicyclic) bond motifs is 2. The molecule has 0 spiro atoms. The van der Waals surface area contributed by atoms with E-state index in [1.54, 1.807) is 0 Å². The van der Waals surface area contributed by atoms with E-state index in [1.807, 2.05) is 6.92 Å². The molecule has 0 aromatic heterocycles. The lowest BCUT2D eigenvalue weighted by Crippen LogP contribution is -2.42. The van der Waals surface area contributed by atoms with Crippen molar-refractivity contribution in [2.75, 3.05) is 0 Å². The number of nitrogens with one attached hydrogen (secondary N) is 1. The minimum Gasteiger partial charge on any atom is -0.462 e. The number of ether oxygens (including phenoxy) is 1. The Hall–Kier alpha value is -0.570. The minimum atomic E-state index is -0.0497.